The number of hydrogen-bond donors (Lipinski definition) is 2. The second kappa shape index (κ2) is 11.3. The quantitative estimate of drug-likeness (QED) is 0.264. The van der Waals surface area contributed by atoms with Crippen molar-refractivity contribution < 1.29 is 14.3 Å². The fourth-order valence-electron chi connectivity index (χ4n) is 2.64. The molecule has 0 aliphatic carbocycles. The van der Waals surface area contributed by atoms with E-state index in [-0.39, 0.29) is 6.42 Å². The van der Waals surface area contributed by atoms with Crippen molar-refractivity contribution in [2.45, 2.75) is 20.0 Å². The molecule has 32 heavy (non-hydrogen) atoms. The van der Waals surface area contributed by atoms with Crippen molar-refractivity contribution in [1.29, 1.82) is 0 Å². The summed E-state index contributed by atoms with van der Waals surface area (Å²) in [6, 6.07) is 19.8. The lowest BCUT2D eigenvalue weighted by atomic mass is 10.2. The molecule has 0 saturated carbocycles. The normalized spacial score (nSPS) is 10.7. The molecule has 0 radical (unpaired) electrons. The number of nitrogens with one attached hydrogen (secondary N) is 2. The van der Waals surface area contributed by atoms with Crippen molar-refractivity contribution >= 4 is 46.9 Å². The Morgan fingerprint density at radius 2 is 1.69 bits per heavy atom. The molecular weight excluding hydrogens is 449 g/mol. The van der Waals surface area contributed by atoms with Crippen LogP contribution in [0.15, 0.2) is 71.8 Å². The molecule has 3 aromatic carbocycles. The SMILES string of the molecule is Cc1ccc(NC(=O)CC(=O)NN=Cc2ccc(OCc3ccc(Cl)cc3)cc2)cc1Cl. The molecule has 2 N–H and O–H groups in total. The molecule has 3 aromatic rings. The number of halogens is 2. The standard InChI is InChI=1S/C24H21Cl2N3O3/c1-16-2-9-20(12-22(16)26)28-23(30)13-24(31)29-27-14-17-5-10-21(11-6-17)32-15-18-3-7-19(25)8-4-18/h2-12,14H,13,15H2,1H3,(H,28,30)(H,29,31). The predicted octanol–water partition coefficient (Wildman–Crippen LogP) is 5.36. The van der Waals surface area contributed by atoms with Crippen LogP contribution in [0.4, 0.5) is 5.69 Å². The monoisotopic (exact) mass is 469 g/mol. The minimum atomic E-state index is -0.528. The second-order valence-corrected chi connectivity index (χ2v) is 7.81. The first kappa shape index (κ1) is 23.3. The molecule has 3 rings (SSSR count). The smallest absolute Gasteiger partial charge is 0.249 e. The summed E-state index contributed by atoms with van der Waals surface area (Å²) in [5.41, 5.74) is 5.54. The Morgan fingerprint density at radius 1 is 0.969 bits per heavy atom. The lowest BCUT2D eigenvalue weighted by Crippen LogP contribution is -2.24. The number of ether oxygens (including phenoxy) is 1. The van der Waals surface area contributed by atoms with Crippen LogP contribution in [0.2, 0.25) is 10.0 Å². The van der Waals surface area contributed by atoms with Gasteiger partial charge in [-0.1, -0.05) is 41.4 Å². The van der Waals surface area contributed by atoms with Crippen molar-refractivity contribution in [2.75, 3.05) is 5.32 Å². The van der Waals surface area contributed by atoms with E-state index in [4.69, 9.17) is 27.9 Å². The van der Waals surface area contributed by atoms with Gasteiger partial charge in [0, 0.05) is 15.7 Å². The molecule has 2 amide bonds. The number of hydrogen-bond acceptors (Lipinski definition) is 4. The van der Waals surface area contributed by atoms with Gasteiger partial charge < -0.3 is 10.1 Å². The number of aryl methyl sites for hydroxylation is 1. The van der Waals surface area contributed by atoms with Crippen LogP contribution >= 0.6 is 23.2 Å². The zero-order valence-electron chi connectivity index (χ0n) is 17.3. The fourth-order valence-corrected chi connectivity index (χ4v) is 2.94. The number of amides is 2. The molecule has 0 unspecified atom stereocenters. The van der Waals surface area contributed by atoms with Crippen molar-refractivity contribution in [2.24, 2.45) is 5.10 Å². The predicted molar refractivity (Wildman–Crippen MR) is 127 cm³/mol. The average Bonchev–Trinajstić information content (AvgIpc) is 2.77. The highest BCUT2D eigenvalue weighted by molar-refractivity contribution is 6.31. The molecule has 164 valence electrons. The van der Waals surface area contributed by atoms with E-state index in [1.165, 1.54) is 6.21 Å². The van der Waals surface area contributed by atoms with E-state index in [1.54, 1.807) is 42.5 Å². The summed E-state index contributed by atoms with van der Waals surface area (Å²) in [5.74, 6) is -0.284. The maximum atomic E-state index is 12.0. The van der Waals surface area contributed by atoms with Gasteiger partial charge in [0.2, 0.25) is 11.8 Å². The molecule has 0 aliphatic rings. The highest BCUT2D eigenvalue weighted by Crippen LogP contribution is 2.20. The highest BCUT2D eigenvalue weighted by Gasteiger charge is 2.09. The lowest BCUT2D eigenvalue weighted by molar-refractivity contribution is -0.126. The Hall–Kier alpha value is -3.35. The van der Waals surface area contributed by atoms with Crippen LogP contribution in [-0.2, 0) is 16.2 Å². The average molecular weight is 470 g/mol. The first-order valence-corrected chi connectivity index (χ1v) is 10.5. The van der Waals surface area contributed by atoms with Gasteiger partial charge in [0.05, 0.1) is 6.21 Å². The van der Waals surface area contributed by atoms with Crippen LogP contribution in [0.3, 0.4) is 0 Å². The van der Waals surface area contributed by atoms with Crippen molar-refractivity contribution in [3.05, 3.63) is 93.5 Å². The summed E-state index contributed by atoms with van der Waals surface area (Å²) in [6.07, 6.45) is 1.12. The van der Waals surface area contributed by atoms with Crippen molar-refractivity contribution in [3.8, 4) is 5.75 Å². The van der Waals surface area contributed by atoms with E-state index in [9.17, 15) is 9.59 Å². The number of carbonyl (C=O) groups is 2. The Morgan fingerprint density at radius 3 is 2.38 bits per heavy atom. The molecule has 0 saturated heterocycles. The molecule has 0 heterocycles. The number of nitrogens with zero attached hydrogens (tertiary/aromatic N) is 1. The number of rotatable bonds is 8. The minimum Gasteiger partial charge on any atom is -0.489 e. The summed E-state index contributed by atoms with van der Waals surface area (Å²) in [5, 5.41) is 7.73. The Kier molecular flexibility index (Phi) is 8.25. The van der Waals surface area contributed by atoms with Crippen LogP contribution in [0.25, 0.3) is 0 Å². The van der Waals surface area contributed by atoms with Crippen molar-refractivity contribution in [1.82, 2.24) is 5.43 Å². The molecule has 0 fully saturated rings. The van der Waals surface area contributed by atoms with Crippen molar-refractivity contribution in [3.63, 3.8) is 0 Å². The minimum absolute atomic E-state index is 0.361. The summed E-state index contributed by atoms with van der Waals surface area (Å²) >= 11 is 11.9. The largest absolute Gasteiger partial charge is 0.489 e. The van der Waals surface area contributed by atoms with E-state index >= 15 is 0 Å². The van der Waals surface area contributed by atoms with Gasteiger partial charge in [0.15, 0.2) is 0 Å². The van der Waals surface area contributed by atoms with Gasteiger partial charge in [-0.15, -0.1) is 0 Å². The summed E-state index contributed by atoms with van der Waals surface area (Å²) in [6.45, 7) is 2.29. The highest BCUT2D eigenvalue weighted by atomic mass is 35.5. The van der Waals surface area contributed by atoms with Crippen LogP contribution in [0, 0.1) is 6.92 Å². The van der Waals surface area contributed by atoms with Crippen LogP contribution in [0.1, 0.15) is 23.1 Å². The third-order valence-electron chi connectivity index (χ3n) is 4.38. The third kappa shape index (κ3) is 7.41. The number of carbonyl (C=O) groups excluding carboxylic acids is 2. The molecule has 0 spiro atoms. The van der Waals surface area contributed by atoms with Gasteiger partial charge >= 0.3 is 0 Å². The summed E-state index contributed by atoms with van der Waals surface area (Å²) in [7, 11) is 0. The van der Waals surface area contributed by atoms with E-state index in [0.29, 0.717) is 28.1 Å². The first-order chi connectivity index (χ1) is 15.4. The van der Waals surface area contributed by atoms with E-state index in [0.717, 1.165) is 16.7 Å². The Labute approximate surface area is 196 Å². The topological polar surface area (TPSA) is 79.8 Å². The van der Waals surface area contributed by atoms with Crippen LogP contribution in [-0.4, -0.2) is 18.0 Å². The second-order valence-electron chi connectivity index (χ2n) is 6.97. The maximum absolute atomic E-state index is 12.0. The fraction of sp³-hybridized carbons (Fsp3) is 0.125. The van der Waals surface area contributed by atoms with E-state index in [1.807, 2.05) is 31.2 Å². The van der Waals surface area contributed by atoms with Gasteiger partial charge in [0.1, 0.15) is 18.8 Å². The summed E-state index contributed by atoms with van der Waals surface area (Å²) < 4.78 is 5.73. The lowest BCUT2D eigenvalue weighted by Gasteiger charge is -2.07. The van der Waals surface area contributed by atoms with Gasteiger partial charge in [-0.05, 0) is 72.1 Å². The number of benzene rings is 3. The molecule has 8 heteroatoms. The van der Waals surface area contributed by atoms with Gasteiger partial charge in [-0.2, -0.15) is 5.10 Å². The van der Waals surface area contributed by atoms with E-state index < -0.39 is 11.8 Å². The molecular formula is C24H21Cl2N3O3. The maximum Gasteiger partial charge on any atom is 0.249 e. The Balaban J connectivity index is 1.42. The zero-order chi connectivity index (χ0) is 22.9. The van der Waals surface area contributed by atoms with Gasteiger partial charge in [-0.3, -0.25) is 9.59 Å². The molecule has 0 bridgehead atoms. The molecule has 0 atom stereocenters. The first-order valence-electron chi connectivity index (χ1n) is 9.74. The zero-order valence-corrected chi connectivity index (χ0v) is 18.8. The molecule has 0 aliphatic heterocycles. The van der Waals surface area contributed by atoms with Crippen LogP contribution < -0.4 is 15.5 Å². The van der Waals surface area contributed by atoms with Crippen LogP contribution in [0.5, 0.6) is 5.75 Å². The summed E-state index contributed by atoms with van der Waals surface area (Å²) in [4.78, 5) is 23.9. The van der Waals surface area contributed by atoms with E-state index in [2.05, 4.69) is 15.8 Å². The van der Waals surface area contributed by atoms with Gasteiger partial charge in [-0.25, -0.2) is 5.43 Å². The molecule has 0 aromatic heterocycles. The third-order valence-corrected chi connectivity index (χ3v) is 5.04. The molecule has 6 nitrogen and oxygen atoms in total. The number of hydrazone groups is 1. The number of anilines is 1. The van der Waals surface area contributed by atoms with Gasteiger partial charge in [0.25, 0.3) is 0 Å². The Bertz CT molecular complexity index is 1110.